The molecule has 0 aliphatic heterocycles. The van der Waals surface area contributed by atoms with Gasteiger partial charge < -0.3 is 15.8 Å². The summed E-state index contributed by atoms with van der Waals surface area (Å²) in [6.07, 6.45) is 0.108. The Kier molecular flexibility index (Phi) is 4.31. The molecule has 4 nitrogen and oxygen atoms in total. The third-order valence-electron chi connectivity index (χ3n) is 2.14. The minimum Gasteiger partial charge on any atom is -0.491 e. The second-order valence-electron chi connectivity index (χ2n) is 3.86. The second-order valence-corrected chi connectivity index (χ2v) is 3.86. The van der Waals surface area contributed by atoms with E-state index in [9.17, 15) is 4.79 Å². The maximum atomic E-state index is 11.2. The van der Waals surface area contributed by atoms with E-state index in [-0.39, 0.29) is 6.10 Å². The van der Waals surface area contributed by atoms with Crippen molar-refractivity contribution in [2.45, 2.75) is 26.0 Å². The number of ether oxygens (including phenoxy) is 1. The number of hydrogen-bond acceptors (Lipinski definition) is 3. The van der Waals surface area contributed by atoms with Gasteiger partial charge in [0.05, 0.1) is 6.10 Å². The number of benzene rings is 1. The highest BCUT2D eigenvalue weighted by Gasteiger charge is 2.15. The molecule has 0 saturated carbocycles. The van der Waals surface area contributed by atoms with Gasteiger partial charge in [-0.3, -0.25) is 4.79 Å². The fourth-order valence-corrected chi connectivity index (χ4v) is 1.51. The maximum absolute atomic E-state index is 11.2. The Balaban J connectivity index is 2.92. The molecule has 1 rings (SSSR count). The minimum absolute atomic E-state index is 0.108. The van der Waals surface area contributed by atoms with Gasteiger partial charge in [-0.05, 0) is 38.6 Å². The highest BCUT2D eigenvalue weighted by atomic mass is 16.5. The van der Waals surface area contributed by atoms with E-state index < -0.39 is 11.9 Å². The van der Waals surface area contributed by atoms with E-state index in [1.165, 1.54) is 0 Å². The smallest absolute Gasteiger partial charge is 0.239 e. The molecule has 0 aliphatic carbocycles. The molecule has 1 aromatic carbocycles. The highest BCUT2D eigenvalue weighted by Crippen LogP contribution is 2.19. The first-order valence-corrected chi connectivity index (χ1v) is 5.27. The molecule has 0 heterocycles. The Bertz CT molecular complexity index is 364. The molecule has 1 aromatic rings. The number of rotatable bonds is 5. The first-order chi connectivity index (χ1) is 7.54. The number of hydrogen-bond donors (Lipinski definition) is 2. The van der Waals surface area contributed by atoms with Gasteiger partial charge in [-0.2, -0.15) is 0 Å². The summed E-state index contributed by atoms with van der Waals surface area (Å²) in [5.74, 6) is 0.346. The molecule has 0 aromatic heterocycles. The number of amides is 1. The monoisotopic (exact) mass is 222 g/mol. The normalized spacial score (nSPS) is 12.5. The van der Waals surface area contributed by atoms with Crippen LogP contribution in [0.4, 0.5) is 0 Å². The Morgan fingerprint density at radius 3 is 2.62 bits per heavy atom. The van der Waals surface area contributed by atoms with Gasteiger partial charge in [0.1, 0.15) is 11.8 Å². The number of carbonyl (C=O) groups is 1. The Morgan fingerprint density at radius 2 is 2.12 bits per heavy atom. The van der Waals surface area contributed by atoms with Crippen molar-refractivity contribution >= 4 is 5.91 Å². The van der Waals surface area contributed by atoms with E-state index in [0.29, 0.717) is 0 Å². The van der Waals surface area contributed by atoms with Crippen molar-refractivity contribution in [3.05, 3.63) is 29.8 Å². The van der Waals surface area contributed by atoms with Crippen molar-refractivity contribution in [3.63, 3.8) is 0 Å². The van der Waals surface area contributed by atoms with Gasteiger partial charge in [-0.25, -0.2) is 0 Å². The van der Waals surface area contributed by atoms with E-state index in [1.54, 1.807) is 7.05 Å². The number of nitrogens with one attached hydrogen (secondary N) is 1. The first-order valence-electron chi connectivity index (χ1n) is 5.27. The number of carbonyl (C=O) groups excluding carboxylic acids is 1. The van der Waals surface area contributed by atoms with Crippen LogP contribution in [0.3, 0.4) is 0 Å². The Morgan fingerprint density at radius 1 is 1.44 bits per heavy atom. The molecule has 0 radical (unpaired) electrons. The van der Waals surface area contributed by atoms with E-state index in [4.69, 9.17) is 10.5 Å². The summed E-state index contributed by atoms with van der Waals surface area (Å²) >= 11 is 0. The average molecular weight is 222 g/mol. The lowest BCUT2D eigenvalue weighted by atomic mass is 10.1. The van der Waals surface area contributed by atoms with Gasteiger partial charge in [0.15, 0.2) is 0 Å². The predicted molar refractivity (Wildman–Crippen MR) is 63.2 cm³/mol. The summed E-state index contributed by atoms with van der Waals surface area (Å²) in [5.41, 5.74) is 6.10. The van der Waals surface area contributed by atoms with Crippen LogP contribution in [0.1, 0.15) is 25.5 Å². The molecule has 4 heteroatoms. The third kappa shape index (κ3) is 3.24. The van der Waals surface area contributed by atoms with E-state index >= 15 is 0 Å². The minimum atomic E-state index is -0.476. The number of nitrogens with two attached hydrogens (primary N) is 1. The standard InChI is InChI=1S/C12H18N2O2/c1-8(2)16-10-6-4-5-9(7-10)11(14-3)12(13)15/h4-8,11,14H,1-3H3,(H2,13,15). The molecular weight excluding hydrogens is 204 g/mol. The summed E-state index contributed by atoms with van der Waals surface area (Å²) in [7, 11) is 1.70. The SMILES string of the molecule is CNC(C(N)=O)c1cccc(OC(C)C)c1. The van der Waals surface area contributed by atoms with Crippen LogP contribution >= 0.6 is 0 Å². The quantitative estimate of drug-likeness (QED) is 0.787. The summed E-state index contributed by atoms with van der Waals surface area (Å²) in [4.78, 5) is 11.2. The van der Waals surface area contributed by atoms with Gasteiger partial charge in [-0.15, -0.1) is 0 Å². The lowest BCUT2D eigenvalue weighted by Gasteiger charge is -2.15. The van der Waals surface area contributed by atoms with E-state index in [1.807, 2.05) is 38.1 Å². The fourth-order valence-electron chi connectivity index (χ4n) is 1.51. The van der Waals surface area contributed by atoms with Crippen LogP contribution in [0.2, 0.25) is 0 Å². The zero-order chi connectivity index (χ0) is 12.1. The van der Waals surface area contributed by atoms with Crippen molar-refractivity contribution in [2.24, 2.45) is 5.73 Å². The molecule has 0 bridgehead atoms. The van der Waals surface area contributed by atoms with E-state index in [2.05, 4.69) is 5.32 Å². The van der Waals surface area contributed by atoms with Crippen molar-refractivity contribution in [1.82, 2.24) is 5.32 Å². The zero-order valence-corrected chi connectivity index (χ0v) is 9.86. The van der Waals surface area contributed by atoms with Gasteiger partial charge >= 0.3 is 0 Å². The molecule has 16 heavy (non-hydrogen) atoms. The molecule has 0 saturated heterocycles. The molecule has 0 spiro atoms. The van der Waals surface area contributed by atoms with Crippen molar-refractivity contribution in [2.75, 3.05) is 7.05 Å². The predicted octanol–water partition coefficient (Wildman–Crippen LogP) is 1.22. The van der Waals surface area contributed by atoms with Crippen molar-refractivity contribution in [3.8, 4) is 5.75 Å². The lowest BCUT2D eigenvalue weighted by molar-refractivity contribution is -0.120. The molecule has 3 N–H and O–H groups in total. The van der Waals surface area contributed by atoms with Crippen LogP contribution in [-0.2, 0) is 4.79 Å². The fraction of sp³-hybridized carbons (Fsp3) is 0.417. The zero-order valence-electron chi connectivity index (χ0n) is 9.86. The third-order valence-corrected chi connectivity index (χ3v) is 2.14. The van der Waals surface area contributed by atoms with Crippen LogP contribution in [-0.4, -0.2) is 19.1 Å². The molecule has 1 amide bonds. The molecule has 0 aliphatic rings. The molecule has 88 valence electrons. The summed E-state index contributed by atoms with van der Waals surface area (Å²) in [6, 6.07) is 6.90. The van der Waals surface area contributed by atoms with Crippen LogP contribution in [0.15, 0.2) is 24.3 Å². The van der Waals surface area contributed by atoms with Crippen LogP contribution in [0.25, 0.3) is 0 Å². The summed E-state index contributed by atoms with van der Waals surface area (Å²) < 4.78 is 5.55. The average Bonchev–Trinajstić information content (AvgIpc) is 2.17. The molecule has 0 fully saturated rings. The maximum Gasteiger partial charge on any atom is 0.239 e. The van der Waals surface area contributed by atoms with Crippen molar-refractivity contribution < 1.29 is 9.53 Å². The molecule has 1 unspecified atom stereocenters. The molecule has 1 atom stereocenters. The largest absolute Gasteiger partial charge is 0.491 e. The number of primary amides is 1. The van der Waals surface area contributed by atoms with Crippen LogP contribution in [0, 0.1) is 0 Å². The van der Waals surface area contributed by atoms with Gasteiger partial charge in [0.25, 0.3) is 0 Å². The van der Waals surface area contributed by atoms with Gasteiger partial charge in [0, 0.05) is 0 Å². The Labute approximate surface area is 95.8 Å². The lowest BCUT2D eigenvalue weighted by Crippen LogP contribution is -2.31. The summed E-state index contributed by atoms with van der Waals surface area (Å²) in [6.45, 7) is 3.91. The second kappa shape index (κ2) is 5.51. The van der Waals surface area contributed by atoms with Crippen LogP contribution in [0.5, 0.6) is 5.75 Å². The highest BCUT2D eigenvalue weighted by molar-refractivity contribution is 5.81. The van der Waals surface area contributed by atoms with Crippen molar-refractivity contribution in [1.29, 1.82) is 0 Å². The van der Waals surface area contributed by atoms with E-state index in [0.717, 1.165) is 11.3 Å². The van der Waals surface area contributed by atoms with Gasteiger partial charge in [-0.1, -0.05) is 12.1 Å². The first kappa shape index (κ1) is 12.5. The molecular formula is C12H18N2O2. The topological polar surface area (TPSA) is 64.3 Å². The van der Waals surface area contributed by atoms with Gasteiger partial charge in [0.2, 0.25) is 5.91 Å². The summed E-state index contributed by atoms with van der Waals surface area (Å²) in [5, 5.41) is 2.87. The Hall–Kier alpha value is -1.55. The van der Waals surface area contributed by atoms with Crippen LogP contribution < -0.4 is 15.8 Å². The number of likely N-dealkylation sites (N-methyl/N-ethyl adjacent to an activating group) is 1.